The molecule has 7 heteroatoms. The van der Waals surface area contributed by atoms with Crippen LogP contribution in [0.3, 0.4) is 0 Å². The molecule has 0 bridgehead atoms. The van der Waals surface area contributed by atoms with Gasteiger partial charge < -0.3 is 10.1 Å². The molecule has 1 amide bonds. The van der Waals surface area contributed by atoms with Gasteiger partial charge in [-0.2, -0.15) is 5.10 Å². The zero-order valence-corrected chi connectivity index (χ0v) is 20.7. The molecule has 1 saturated heterocycles. The highest BCUT2D eigenvalue weighted by Gasteiger charge is 2.25. The van der Waals surface area contributed by atoms with Crippen LogP contribution >= 0.6 is 11.3 Å². The van der Waals surface area contributed by atoms with Crippen molar-refractivity contribution in [2.24, 2.45) is 0 Å². The van der Waals surface area contributed by atoms with E-state index in [0.717, 1.165) is 37.4 Å². The van der Waals surface area contributed by atoms with Crippen LogP contribution in [-0.4, -0.2) is 53.4 Å². The van der Waals surface area contributed by atoms with Gasteiger partial charge in [0.25, 0.3) is 5.91 Å². The van der Waals surface area contributed by atoms with Crippen molar-refractivity contribution in [3.63, 3.8) is 0 Å². The van der Waals surface area contributed by atoms with Gasteiger partial charge in [0.05, 0.1) is 31.4 Å². The first kappa shape index (κ1) is 23.5. The smallest absolute Gasteiger partial charge is 0.255 e. The summed E-state index contributed by atoms with van der Waals surface area (Å²) in [5, 5.41) is 10.1. The SMILES string of the molecule is Cc1ccc(-c2nn(Cc3ccccc3)cc2C(=O)NC[C@H](c2cccs2)N2CCOCC2)cc1. The zero-order valence-electron chi connectivity index (χ0n) is 19.9. The molecule has 2 aromatic heterocycles. The Bertz CT molecular complexity index is 1230. The summed E-state index contributed by atoms with van der Waals surface area (Å²) >= 11 is 1.73. The molecular weight excluding hydrogens is 456 g/mol. The molecule has 0 unspecified atom stereocenters. The summed E-state index contributed by atoms with van der Waals surface area (Å²) in [5.41, 5.74) is 4.56. The van der Waals surface area contributed by atoms with Gasteiger partial charge in [-0.3, -0.25) is 14.4 Å². The van der Waals surface area contributed by atoms with Crippen molar-refractivity contribution in [2.45, 2.75) is 19.5 Å². The molecule has 5 rings (SSSR count). The van der Waals surface area contributed by atoms with E-state index in [2.05, 4.69) is 58.9 Å². The third-order valence-electron chi connectivity index (χ3n) is 6.33. The lowest BCUT2D eigenvalue weighted by Crippen LogP contribution is -2.43. The Morgan fingerprint density at radius 3 is 2.54 bits per heavy atom. The number of thiophene rings is 1. The van der Waals surface area contributed by atoms with E-state index in [0.29, 0.717) is 24.3 Å². The van der Waals surface area contributed by atoms with Gasteiger partial charge in [-0.1, -0.05) is 66.2 Å². The lowest BCUT2D eigenvalue weighted by molar-refractivity contribution is 0.0169. The largest absolute Gasteiger partial charge is 0.379 e. The van der Waals surface area contributed by atoms with E-state index in [4.69, 9.17) is 9.84 Å². The second-order valence-corrected chi connectivity index (χ2v) is 9.81. The van der Waals surface area contributed by atoms with Crippen molar-refractivity contribution in [3.8, 4) is 11.3 Å². The van der Waals surface area contributed by atoms with Crippen LogP contribution in [0.15, 0.2) is 78.3 Å². The first-order valence-corrected chi connectivity index (χ1v) is 12.9. The zero-order chi connectivity index (χ0) is 24.0. The minimum Gasteiger partial charge on any atom is -0.379 e. The molecule has 1 aliphatic heterocycles. The fraction of sp³-hybridized carbons (Fsp3) is 0.286. The number of carbonyl (C=O) groups excluding carboxylic acids is 1. The number of ether oxygens (including phenoxy) is 1. The van der Waals surface area contributed by atoms with Crippen LogP contribution in [0.1, 0.15) is 32.4 Å². The Morgan fingerprint density at radius 1 is 1.06 bits per heavy atom. The van der Waals surface area contributed by atoms with Gasteiger partial charge in [-0.05, 0) is 23.9 Å². The van der Waals surface area contributed by atoms with Gasteiger partial charge in [0.15, 0.2) is 0 Å². The Morgan fingerprint density at radius 2 is 1.83 bits per heavy atom. The lowest BCUT2D eigenvalue weighted by Gasteiger charge is -2.34. The van der Waals surface area contributed by atoms with Gasteiger partial charge in [-0.15, -0.1) is 11.3 Å². The summed E-state index contributed by atoms with van der Waals surface area (Å²) in [4.78, 5) is 17.2. The van der Waals surface area contributed by atoms with Gasteiger partial charge in [-0.25, -0.2) is 0 Å². The molecule has 2 aromatic carbocycles. The molecule has 3 heterocycles. The molecular formula is C28H30N4O2S. The van der Waals surface area contributed by atoms with Crippen LogP contribution in [0.25, 0.3) is 11.3 Å². The maximum atomic E-state index is 13.5. The Balaban J connectivity index is 1.39. The first-order chi connectivity index (χ1) is 17.2. The predicted octanol–water partition coefficient (Wildman–Crippen LogP) is 4.77. The van der Waals surface area contributed by atoms with Crippen LogP contribution < -0.4 is 5.32 Å². The maximum absolute atomic E-state index is 13.5. The van der Waals surface area contributed by atoms with Crippen LogP contribution in [0.5, 0.6) is 0 Å². The monoisotopic (exact) mass is 486 g/mol. The summed E-state index contributed by atoms with van der Waals surface area (Å²) < 4.78 is 7.41. The highest BCUT2D eigenvalue weighted by molar-refractivity contribution is 7.10. The van der Waals surface area contributed by atoms with Crippen molar-refractivity contribution in [2.75, 3.05) is 32.8 Å². The van der Waals surface area contributed by atoms with Crippen molar-refractivity contribution < 1.29 is 9.53 Å². The van der Waals surface area contributed by atoms with Crippen LogP contribution in [0, 0.1) is 6.92 Å². The maximum Gasteiger partial charge on any atom is 0.255 e. The molecule has 1 fully saturated rings. The number of hydrogen-bond donors (Lipinski definition) is 1. The van der Waals surface area contributed by atoms with Crippen molar-refractivity contribution >= 4 is 17.2 Å². The number of benzene rings is 2. The third kappa shape index (κ3) is 5.70. The number of aromatic nitrogens is 2. The number of morpholine rings is 1. The number of nitrogens with one attached hydrogen (secondary N) is 1. The topological polar surface area (TPSA) is 59.4 Å². The molecule has 1 N–H and O–H groups in total. The molecule has 1 atom stereocenters. The summed E-state index contributed by atoms with van der Waals surface area (Å²) in [6.07, 6.45) is 1.87. The Kier molecular flexibility index (Phi) is 7.37. The molecule has 0 radical (unpaired) electrons. The highest BCUT2D eigenvalue weighted by atomic mass is 32.1. The highest BCUT2D eigenvalue weighted by Crippen LogP contribution is 2.27. The van der Waals surface area contributed by atoms with Gasteiger partial charge in [0, 0.05) is 36.3 Å². The van der Waals surface area contributed by atoms with E-state index in [1.54, 1.807) is 11.3 Å². The first-order valence-electron chi connectivity index (χ1n) is 12.0. The molecule has 0 spiro atoms. The molecule has 6 nitrogen and oxygen atoms in total. The second-order valence-electron chi connectivity index (χ2n) is 8.83. The van der Waals surface area contributed by atoms with E-state index in [9.17, 15) is 4.79 Å². The molecule has 180 valence electrons. The van der Waals surface area contributed by atoms with E-state index in [-0.39, 0.29) is 11.9 Å². The molecule has 4 aromatic rings. The summed E-state index contributed by atoms with van der Waals surface area (Å²) in [6, 6.07) is 22.7. The number of rotatable bonds is 8. The fourth-order valence-electron chi connectivity index (χ4n) is 4.43. The van der Waals surface area contributed by atoms with Crippen molar-refractivity contribution in [3.05, 3.63) is 99.9 Å². The molecule has 0 saturated carbocycles. The quantitative estimate of drug-likeness (QED) is 0.390. The lowest BCUT2D eigenvalue weighted by atomic mass is 10.1. The Hall–Kier alpha value is -3.26. The van der Waals surface area contributed by atoms with Crippen LogP contribution in [-0.2, 0) is 11.3 Å². The average molecular weight is 487 g/mol. The normalized spacial score (nSPS) is 15.1. The number of nitrogens with zero attached hydrogens (tertiary/aromatic N) is 3. The van der Waals surface area contributed by atoms with Gasteiger partial charge in [0.2, 0.25) is 0 Å². The molecule has 0 aliphatic carbocycles. The number of aryl methyl sites for hydroxylation is 1. The summed E-state index contributed by atoms with van der Waals surface area (Å²) in [5.74, 6) is -0.102. The standard InChI is InChI=1S/C28H30N4O2S/c1-21-9-11-23(12-10-21)27-24(20-32(30-27)19-22-6-3-2-4-7-22)28(33)29-18-25(26-8-5-17-35-26)31-13-15-34-16-14-31/h2-12,17,20,25H,13-16,18-19H2,1H3,(H,29,33)/t25-/m1/s1. The third-order valence-corrected chi connectivity index (χ3v) is 7.31. The van der Waals surface area contributed by atoms with E-state index < -0.39 is 0 Å². The number of carbonyl (C=O) groups is 1. The van der Waals surface area contributed by atoms with Crippen LogP contribution in [0.2, 0.25) is 0 Å². The predicted molar refractivity (Wildman–Crippen MR) is 140 cm³/mol. The minimum atomic E-state index is -0.102. The number of amides is 1. The average Bonchev–Trinajstić information content (AvgIpc) is 3.57. The Labute approximate surface area is 210 Å². The van der Waals surface area contributed by atoms with Gasteiger partial charge >= 0.3 is 0 Å². The second kappa shape index (κ2) is 11.0. The van der Waals surface area contributed by atoms with Gasteiger partial charge in [0.1, 0.15) is 5.69 Å². The number of hydrogen-bond acceptors (Lipinski definition) is 5. The molecule has 1 aliphatic rings. The molecule has 35 heavy (non-hydrogen) atoms. The summed E-state index contributed by atoms with van der Waals surface area (Å²) in [7, 11) is 0. The fourth-order valence-corrected chi connectivity index (χ4v) is 5.29. The van der Waals surface area contributed by atoms with Crippen molar-refractivity contribution in [1.29, 1.82) is 0 Å². The van der Waals surface area contributed by atoms with E-state index >= 15 is 0 Å². The van der Waals surface area contributed by atoms with E-state index in [1.807, 2.05) is 41.2 Å². The summed E-state index contributed by atoms with van der Waals surface area (Å²) in [6.45, 7) is 6.38. The minimum absolute atomic E-state index is 0.102. The van der Waals surface area contributed by atoms with Crippen molar-refractivity contribution in [1.82, 2.24) is 20.0 Å². The van der Waals surface area contributed by atoms with E-state index in [1.165, 1.54) is 10.4 Å². The van der Waals surface area contributed by atoms with Crippen LogP contribution in [0.4, 0.5) is 0 Å².